The lowest BCUT2D eigenvalue weighted by Gasteiger charge is -2.20. The third kappa shape index (κ3) is 4.42. The number of hydrogen-bond donors (Lipinski definition) is 1. The van der Waals surface area contributed by atoms with Crippen molar-refractivity contribution >= 4 is 11.9 Å². The number of amides is 1. The van der Waals surface area contributed by atoms with Crippen molar-refractivity contribution in [1.82, 2.24) is 4.90 Å². The number of esters is 1. The van der Waals surface area contributed by atoms with Gasteiger partial charge in [-0.1, -0.05) is 24.3 Å². The summed E-state index contributed by atoms with van der Waals surface area (Å²) in [6.07, 6.45) is 0. The van der Waals surface area contributed by atoms with Crippen molar-refractivity contribution in [3.05, 3.63) is 42.0 Å². The molecule has 1 aromatic rings. The first-order chi connectivity index (χ1) is 9.45. The van der Waals surface area contributed by atoms with Crippen LogP contribution in [-0.4, -0.2) is 41.6 Å². The molecule has 0 heterocycles. The van der Waals surface area contributed by atoms with Crippen LogP contribution in [-0.2, 0) is 9.53 Å². The standard InChI is InChI=1S/C15H19NO4/c1-4-16(9-11(2)3)14(18)10-20-15(19)12-7-5-6-8-13(12)17/h5-8,17H,2,4,9-10H2,1,3H3. The molecule has 0 saturated carbocycles. The van der Waals surface area contributed by atoms with Gasteiger partial charge in [0.15, 0.2) is 6.61 Å². The highest BCUT2D eigenvalue weighted by Gasteiger charge is 2.16. The van der Waals surface area contributed by atoms with Crippen LogP contribution in [0.25, 0.3) is 0 Å². The topological polar surface area (TPSA) is 66.8 Å². The second-order valence-corrected chi connectivity index (χ2v) is 4.46. The van der Waals surface area contributed by atoms with Gasteiger partial charge in [-0.05, 0) is 26.0 Å². The Morgan fingerprint density at radius 3 is 2.55 bits per heavy atom. The van der Waals surface area contributed by atoms with Gasteiger partial charge in [-0.15, -0.1) is 0 Å². The molecule has 0 unspecified atom stereocenters. The molecular formula is C15H19NO4. The van der Waals surface area contributed by atoms with Crippen LogP contribution < -0.4 is 0 Å². The molecule has 0 atom stereocenters. The van der Waals surface area contributed by atoms with Crippen molar-refractivity contribution in [2.45, 2.75) is 13.8 Å². The highest BCUT2D eigenvalue weighted by Crippen LogP contribution is 2.16. The van der Waals surface area contributed by atoms with Crippen molar-refractivity contribution in [2.24, 2.45) is 0 Å². The van der Waals surface area contributed by atoms with E-state index >= 15 is 0 Å². The van der Waals surface area contributed by atoms with Gasteiger partial charge in [0.1, 0.15) is 11.3 Å². The Kier molecular flexibility index (Phi) is 5.77. The number of phenols is 1. The summed E-state index contributed by atoms with van der Waals surface area (Å²) in [6.45, 7) is 8.00. The van der Waals surface area contributed by atoms with Crippen molar-refractivity contribution in [3.8, 4) is 5.75 Å². The van der Waals surface area contributed by atoms with Gasteiger partial charge in [0, 0.05) is 13.1 Å². The molecule has 20 heavy (non-hydrogen) atoms. The lowest BCUT2D eigenvalue weighted by atomic mass is 10.2. The molecule has 108 valence electrons. The van der Waals surface area contributed by atoms with E-state index in [2.05, 4.69) is 6.58 Å². The number of ether oxygens (including phenoxy) is 1. The first kappa shape index (κ1) is 15.8. The molecule has 0 aromatic heterocycles. The first-order valence-corrected chi connectivity index (χ1v) is 6.33. The van der Waals surface area contributed by atoms with Gasteiger partial charge in [0.05, 0.1) is 0 Å². The minimum absolute atomic E-state index is 0.0447. The van der Waals surface area contributed by atoms with Crippen LogP contribution in [0.3, 0.4) is 0 Å². The second-order valence-electron chi connectivity index (χ2n) is 4.46. The van der Waals surface area contributed by atoms with E-state index in [4.69, 9.17) is 4.74 Å². The summed E-state index contributed by atoms with van der Waals surface area (Å²) in [7, 11) is 0. The maximum Gasteiger partial charge on any atom is 0.342 e. The number of likely N-dealkylation sites (N-methyl/N-ethyl adjacent to an activating group) is 1. The summed E-state index contributed by atoms with van der Waals surface area (Å²) in [6, 6.07) is 6.03. The zero-order chi connectivity index (χ0) is 15.1. The largest absolute Gasteiger partial charge is 0.507 e. The lowest BCUT2D eigenvalue weighted by molar-refractivity contribution is -0.133. The average Bonchev–Trinajstić information content (AvgIpc) is 2.42. The summed E-state index contributed by atoms with van der Waals surface area (Å²) in [4.78, 5) is 25.2. The monoisotopic (exact) mass is 277 g/mol. The number of hydrogen-bond acceptors (Lipinski definition) is 4. The normalized spacial score (nSPS) is 9.90. The summed E-state index contributed by atoms with van der Waals surface area (Å²) in [5.41, 5.74) is 0.899. The van der Waals surface area contributed by atoms with Gasteiger partial charge in [-0.25, -0.2) is 4.79 Å². The minimum Gasteiger partial charge on any atom is -0.507 e. The number of carbonyl (C=O) groups is 2. The van der Waals surface area contributed by atoms with Gasteiger partial charge in [-0.2, -0.15) is 0 Å². The zero-order valence-corrected chi connectivity index (χ0v) is 11.8. The van der Waals surface area contributed by atoms with E-state index < -0.39 is 5.97 Å². The molecule has 1 N–H and O–H groups in total. The van der Waals surface area contributed by atoms with Gasteiger partial charge in [0.25, 0.3) is 5.91 Å². The molecule has 0 fully saturated rings. The van der Waals surface area contributed by atoms with Crippen LogP contribution in [0.5, 0.6) is 5.75 Å². The van der Waals surface area contributed by atoms with Crippen molar-refractivity contribution in [2.75, 3.05) is 19.7 Å². The molecule has 5 heteroatoms. The molecule has 0 bridgehead atoms. The van der Waals surface area contributed by atoms with Crippen molar-refractivity contribution in [1.29, 1.82) is 0 Å². The maximum absolute atomic E-state index is 11.9. The fourth-order valence-corrected chi connectivity index (χ4v) is 1.64. The highest BCUT2D eigenvalue weighted by molar-refractivity contribution is 5.93. The van der Waals surface area contributed by atoms with Crippen LogP contribution in [0.2, 0.25) is 0 Å². The fraction of sp³-hybridized carbons (Fsp3) is 0.333. The molecule has 0 aliphatic rings. The van der Waals surface area contributed by atoms with Crippen LogP contribution in [0.4, 0.5) is 0 Å². The molecule has 1 amide bonds. The summed E-state index contributed by atoms with van der Waals surface area (Å²) in [5, 5.41) is 9.51. The lowest BCUT2D eigenvalue weighted by Crippen LogP contribution is -2.35. The molecule has 1 aromatic carbocycles. The smallest absolute Gasteiger partial charge is 0.342 e. The average molecular weight is 277 g/mol. The van der Waals surface area contributed by atoms with Crippen LogP contribution in [0.1, 0.15) is 24.2 Å². The predicted octanol–water partition coefficient (Wildman–Crippen LogP) is 1.97. The molecule has 5 nitrogen and oxygen atoms in total. The van der Waals surface area contributed by atoms with E-state index in [1.54, 1.807) is 17.0 Å². The number of nitrogens with zero attached hydrogens (tertiary/aromatic N) is 1. The molecule has 0 saturated heterocycles. The molecule has 0 radical (unpaired) electrons. The van der Waals surface area contributed by atoms with E-state index in [9.17, 15) is 14.7 Å². The van der Waals surface area contributed by atoms with Crippen molar-refractivity contribution < 1.29 is 19.4 Å². The number of phenolic OH excluding ortho intramolecular Hbond substituents is 1. The minimum atomic E-state index is -0.720. The molecule has 1 rings (SSSR count). The van der Waals surface area contributed by atoms with Gasteiger partial charge >= 0.3 is 5.97 Å². The Labute approximate surface area is 118 Å². The number of benzene rings is 1. The summed E-state index contributed by atoms with van der Waals surface area (Å²) < 4.78 is 4.92. The number of aromatic hydroxyl groups is 1. The van der Waals surface area contributed by atoms with Crippen molar-refractivity contribution in [3.63, 3.8) is 0 Å². The van der Waals surface area contributed by atoms with Crippen LogP contribution in [0.15, 0.2) is 36.4 Å². The SMILES string of the molecule is C=C(C)CN(CC)C(=O)COC(=O)c1ccccc1O. The molecule has 0 aliphatic heterocycles. The number of para-hydroxylation sites is 1. The van der Waals surface area contributed by atoms with E-state index in [-0.39, 0.29) is 23.8 Å². The Morgan fingerprint density at radius 1 is 1.35 bits per heavy atom. The van der Waals surface area contributed by atoms with Crippen LogP contribution in [0, 0.1) is 0 Å². The van der Waals surface area contributed by atoms with E-state index in [0.29, 0.717) is 13.1 Å². The van der Waals surface area contributed by atoms with E-state index in [1.807, 2.05) is 13.8 Å². The quantitative estimate of drug-likeness (QED) is 0.637. The predicted molar refractivity (Wildman–Crippen MR) is 75.5 cm³/mol. The molecule has 0 aliphatic carbocycles. The van der Waals surface area contributed by atoms with Gasteiger partial charge < -0.3 is 14.7 Å². The van der Waals surface area contributed by atoms with Gasteiger partial charge in [-0.3, -0.25) is 4.79 Å². The van der Waals surface area contributed by atoms with Gasteiger partial charge in [0.2, 0.25) is 0 Å². The van der Waals surface area contributed by atoms with E-state index in [1.165, 1.54) is 12.1 Å². The first-order valence-electron chi connectivity index (χ1n) is 6.33. The Bertz CT molecular complexity index is 510. The van der Waals surface area contributed by atoms with E-state index in [0.717, 1.165) is 5.57 Å². The van der Waals surface area contributed by atoms with Crippen LogP contribution >= 0.6 is 0 Å². The Morgan fingerprint density at radius 2 is 2.00 bits per heavy atom. The zero-order valence-electron chi connectivity index (χ0n) is 11.8. The Balaban J connectivity index is 2.58. The highest BCUT2D eigenvalue weighted by atomic mass is 16.5. The molecule has 0 spiro atoms. The third-order valence-corrected chi connectivity index (χ3v) is 2.65. The third-order valence-electron chi connectivity index (χ3n) is 2.65. The fourth-order valence-electron chi connectivity index (χ4n) is 1.64. The second kappa shape index (κ2) is 7.33. The summed E-state index contributed by atoms with van der Waals surface area (Å²) >= 11 is 0. The molecular weight excluding hydrogens is 258 g/mol. The number of carbonyl (C=O) groups excluding carboxylic acids is 2. The summed E-state index contributed by atoms with van der Waals surface area (Å²) in [5.74, 6) is -1.18. The number of rotatable bonds is 6. The maximum atomic E-state index is 11.9. The Hall–Kier alpha value is -2.30.